The van der Waals surface area contributed by atoms with E-state index in [-0.39, 0.29) is 0 Å². The van der Waals surface area contributed by atoms with Crippen molar-refractivity contribution in [2.75, 3.05) is 25.1 Å². The average molecular weight is 574 g/mol. The molecule has 0 saturated heterocycles. The number of hydrogen-bond donors (Lipinski definition) is 0. The Morgan fingerprint density at radius 3 is 2.35 bits per heavy atom. The van der Waals surface area contributed by atoms with Gasteiger partial charge in [-0.25, -0.2) is 4.79 Å². The molecule has 220 valence electrons. The average Bonchev–Trinajstić information content (AvgIpc) is 3.52. The van der Waals surface area contributed by atoms with Gasteiger partial charge in [-0.15, -0.1) is 0 Å². The van der Waals surface area contributed by atoms with E-state index in [1.54, 1.807) is 25.4 Å². The Morgan fingerprint density at radius 1 is 0.907 bits per heavy atom. The first kappa shape index (κ1) is 28.5. The first-order valence-corrected chi connectivity index (χ1v) is 15.3. The molecule has 0 fully saturated rings. The summed E-state index contributed by atoms with van der Waals surface area (Å²) < 4.78 is 15.0. The fourth-order valence-corrected chi connectivity index (χ4v) is 6.50. The molecule has 1 unspecified atom stereocenters. The van der Waals surface area contributed by atoms with Gasteiger partial charge in [-0.3, -0.25) is 4.98 Å². The van der Waals surface area contributed by atoms with Crippen LogP contribution in [0.15, 0.2) is 91.1 Å². The van der Waals surface area contributed by atoms with E-state index in [4.69, 9.17) is 14.5 Å². The van der Waals surface area contributed by atoms with Gasteiger partial charge in [0.25, 0.3) is 0 Å². The van der Waals surface area contributed by atoms with Gasteiger partial charge in [-0.05, 0) is 48.7 Å². The quantitative estimate of drug-likeness (QED) is 0.149. The Bertz CT molecular complexity index is 1750. The van der Waals surface area contributed by atoms with Crippen molar-refractivity contribution >= 4 is 22.6 Å². The molecule has 2 aromatic heterocycles. The third-order valence-electron chi connectivity index (χ3n) is 8.61. The van der Waals surface area contributed by atoms with E-state index in [0.717, 1.165) is 77.7 Å². The molecule has 0 amide bonds. The topological polar surface area (TPSA) is 56.6 Å². The maximum Gasteiger partial charge on any atom is 0.341 e. The third kappa shape index (κ3) is 4.75. The van der Waals surface area contributed by atoms with Crippen LogP contribution in [0.2, 0.25) is 0 Å². The molecule has 0 saturated carbocycles. The van der Waals surface area contributed by atoms with Crippen LogP contribution in [0.1, 0.15) is 66.7 Å². The highest BCUT2D eigenvalue weighted by Gasteiger charge is 2.54. The van der Waals surface area contributed by atoms with E-state index in [9.17, 15) is 4.79 Å². The number of cyclic esters (lactones) is 1. The number of aryl methyl sites for hydroxylation is 1. The molecule has 43 heavy (non-hydrogen) atoms. The number of ether oxygens (including phenoxy) is 2. The highest BCUT2D eigenvalue weighted by molar-refractivity contribution is 6.00. The summed E-state index contributed by atoms with van der Waals surface area (Å²) in [5.41, 5.74) is 5.47. The standard InChI is InChI=1S/C37H39N3O3/c1-5-7-23-40(24-8-6-2)27-20-21-30(32(25-27)42-4)37(35-29(36(41)43-37)18-14-22-38-35)33-28-17-12-13-19-31(28)39(3)34(33)26-15-10-9-11-16-26/h9-22,25H,5-8,23-24H2,1-4H3. The van der Waals surface area contributed by atoms with Gasteiger partial charge >= 0.3 is 5.97 Å². The number of carbonyl (C=O) groups excluding carboxylic acids is 1. The summed E-state index contributed by atoms with van der Waals surface area (Å²) in [4.78, 5) is 21.0. The van der Waals surface area contributed by atoms with Gasteiger partial charge in [0.15, 0.2) is 0 Å². The second-order valence-corrected chi connectivity index (χ2v) is 11.2. The Kier molecular flexibility index (Phi) is 7.94. The zero-order valence-corrected chi connectivity index (χ0v) is 25.5. The summed E-state index contributed by atoms with van der Waals surface area (Å²) in [6.45, 7) is 6.40. The fourth-order valence-electron chi connectivity index (χ4n) is 6.50. The smallest absolute Gasteiger partial charge is 0.341 e. The molecule has 6 heteroatoms. The molecule has 1 aliphatic rings. The third-order valence-corrected chi connectivity index (χ3v) is 8.61. The van der Waals surface area contributed by atoms with Gasteiger partial charge < -0.3 is 18.9 Å². The molecule has 5 aromatic rings. The first-order valence-electron chi connectivity index (χ1n) is 15.3. The van der Waals surface area contributed by atoms with Crippen LogP contribution in [0.5, 0.6) is 5.75 Å². The second kappa shape index (κ2) is 12.0. The summed E-state index contributed by atoms with van der Waals surface area (Å²) in [6.07, 6.45) is 6.22. The summed E-state index contributed by atoms with van der Waals surface area (Å²) >= 11 is 0. The minimum atomic E-state index is -1.33. The van der Waals surface area contributed by atoms with Crippen LogP contribution < -0.4 is 9.64 Å². The van der Waals surface area contributed by atoms with E-state index in [1.807, 2.05) is 30.3 Å². The number of methoxy groups -OCH3 is 1. The predicted molar refractivity (Wildman–Crippen MR) is 173 cm³/mol. The van der Waals surface area contributed by atoms with Crippen molar-refractivity contribution in [2.45, 2.75) is 45.1 Å². The summed E-state index contributed by atoms with van der Waals surface area (Å²) in [5, 5.41) is 0.994. The maximum absolute atomic E-state index is 13.7. The number of para-hydroxylation sites is 1. The van der Waals surface area contributed by atoms with E-state index in [1.165, 1.54) is 0 Å². The number of fused-ring (bicyclic) bond motifs is 2. The number of hydrogen-bond acceptors (Lipinski definition) is 5. The Balaban J connectivity index is 1.67. The molecule has 3 heterocycles. The Labute approximate surface area is 253 Å². The van der Waals surface area contributed by atoms with Gasteiger partial charge in [-0.2, -0.15) is 0 Å². The molecule has 0 N–H and O–H groups in total. The van der Waals surface area contributed by atoms with Crippen molar-refractivity contribution in [1.29, 1.82) is 0 Å². The minimum absolute atomic E-state index is 0.395. The number of unbranched alkanes of at least 4 members (excludes halogenated alkanes) is 2. The van der Waals surface area contributed by atoms with Crippen LogP contribution in [0, 0.1) is 0 Å². The van der Waals surface area contributed by atoms with Crippen LogP contribution >= 0.6 is 0 Å². The molecule has 6 rings (SSSR count). The molecule has 3 aromatic carbocycles. The highest BCUT2D eigenvalue weighted by Crippen LogP contribution is 2.54. The van der Waals surface area contributed by atoms with Crippen molar-refractivity contribution in [2.24, 2.45) is 7.05 Å². The minimum Gasteiger partial charge on any atom is -0.496 e. The van der Waals surface area contributed by atoms with Crippen molar-refractivity contribution in [3.8, 4) is 17.0 Å². The van der Waals surface area contributed by atoms with Gasteiger partial charge in [0, 0.05) is 60.1 Å². The predicted octanol–water partition coefficient (Wildman–Crippen LogP) is 8.12. The lowest BCUT2D eigenvalue weighted by molar-refractivity contribution is 0.0242. The fraction of sp³-hybridized carbons (Fsp3) is 0.297. The van der Waals surface area contributed by atoms with Crippen molar-refractivity contribution < 1.29 is 14.3 Å². The molecule has 0 spiro atoms. The number of rotatable bonds is 11. The number of benzene rings is 3. The Hall–Kier alpha value is -4.58. The highest BCUT2D eigenvalue weighted by atomic mass is 16.6. The largest absolute Gasteiger partial charge is 0.496 e. The van der Waals surface area contributed by atoms with Gasteiger partial charge in [0.2, 0.25) is 5.60 Å². The number of esters is 1. The molecule has 6 nitrogen and oxygen atoms in total. The van der Waals surface area contributed by atoms with Gasteiger partial charge in [0.1, 0.15) is 11.4 Å². The SMILES string of the molecule is CCCCN(CCCC)c1ccc(C2(c3c(-c4ccccc4)n(C)c4ccccc34)OC(=O)c3cccnc32)c(OC)c1. The number of anilines is 1. The number of carbonyl (C=O) groups is 1. The van der Waals surface area contributed by atoms with E-state index >= 15 is 0 Å². The molecule has 0 bridgehead atoms. The zero-order chi connectivity index (χ0) is 30.0. The normalized spacial score (nSPS) is 15.9. The molecule has 1 aliphatic heterocycles. The molecular weight excluding hydrogens is 534 g/mol. The summed E-state index contributed by atoms with van der Waals surface area (Å²) in [6, 6.07) is 28.5. The molecule has 0 aliphatic carbocycles. The van der Waals surface area contributed by atoms with Crippen molar-refractivity contribution in [3.63, 3.8) is 0 Å². The van der Waals surface area contributed by atoms with Crippen LogP contribution in [0.4, 0.5) is 5.69 Å². The molecule has 0 radical (unpaired) electrons. The second-order valence-electron chi connectivity index (χ2n) is 11.2. The molecule has 1 atom stereocenters. The first-order chi connectivity index (χ1) is 21.0. The Morgan fingerprint density at radius 2 is 1.63 bits per heavy atom. The van der Waals surface area contributed by atoms with Crippen molar-refractivity contribution in [3.05, 3.63) is 114 Å². The van der Waals surface area contributed by atoms with Crippen LogP contribution in [-0.4, -0.2) is 35.7 Å². The lowest BCUT2D eigenvalue weighted by Crippen LogP contribution is -2.32. The van der Waals surface area contributed by atoms with Crippen LogP contribution in [0.3, 0.4) is 0 Å². The monoisotopic (exact) mass is 573 g/mol. The lowest BCUT2D eigenvalue weighted by atomic mass is 9.79. The van der Waals surface area contributed by atoms with Crippen LogP contribution in [0.25, 0.3) is 22.2 Å². The number of pyridine rings is 1. The number of nitrogens with zero attached hydrogens (tertiary/aromatic N) is 3. The van der Waals surface area contributed by atoms with Crippen molar-refractivity contribution in [1.82, 2.24) is 9.55 Å². The summed E-state index contributed by atoms with van der Waals surface area (Å²) in [7, 11) is 3.76. The zero-order valence-electron chi connectivity index (χ0n) is 25.5. The van der Waals surface area contributed by atoms with Gasteiger partial charge in [0.05, 0.1) is 18.4 Å². The maximum atomic E-state index is 13.7. The summed E-state index contributed by atoms with van der Waals surface area (Å²) in [5.74, 6) is 0.266. The van der Waals surface area contributed by atoms with E-state index in [0.29, 0.717) is 17.0 Å². The van der Waals surface area contributed by atoms with E-state index < -0.39 is 11.6 Å². The molecular formula is C37H39N3O3. The van der Waals surface area contributed by atoms with E-state index in [2.05, 4.69) is 72.8 Å². The van der Waals surface area contributed by atoms with Crippen LogP contribution in [-0.2, 0) is 17.4 Å². The van der Waals surface area contributed by atoms with Gasteiger partial charge in [-0.1, -0.05) is 75.2 Å². The lowest BCUT2D eigenvalue weighted by Gasteiger charge is -2.33. The number of aromatic nitrogens is 2.